The Hall–Kier alpha value is -1.70. The molecule has 0 amide bonds. The highest BCUT2D eigenvalue weighted by Gasteiger charge is 2.25. The number of benzene rings is 1. The topological polar surface area (TPSA) is 130 Å². The Morgan fingerprint density at radius 3 is 2.53 bits per heavy atom. The van der Waals surface area contributed by atoms with Crippen LogP contribution in [0.3, 0.4) is 0 Å². The molecule has 17 heavy (non-hydrogen) atoms. The molecule has 0 aliphatic rings. The van der Waals surface area contributed by atoms with Crippen molar-refractivity contribution in [2.75, 3.05) is 12.3 Å². The monoisotopic (exact) mass is 242 g/mol. The molecule has 1 rings (SSSR count). The Morgan fingerprint density at radius 1 is 1.47 bits per heavy atom. The summed E-state index contributed by atoms with van der Waals surface area (Å²) in [6.45, 7) is 0.941. The van der Waals surface area contributed by atoms with Gasteiger partial charge in [-0.15, -0.1) is 0 Å². The number of nitrogen functional groups attached to an aromatic ring is 1. The SMILES string of the molecule is Cc1cc(C(O)C(O)CO)c(N)c([N+](=O)[O-])c1. The first kappa shape index (κ1) is 13.4. The first-order valence-electron chi connectivity index (χ1n) is 4.90. The maximum Gasteiger partial charge on any atom is 0.292 e. The molecule has 0 fully saturated rings. The Morgan fingerprint density at radius 2 is 2.06 bits per heavy atom. The lowest BCUT2D eigenvalue weighted by molar-refractivity contribution is -0.384. The third-order valence-corrected chi connectivity index (χ3v) is 2.40. The minimum Gasteiger partial charge on any atom is -0.394 e. The van der Waals surface area contributed by atoms with Gasteiger partial charge in [0.1, 0.15) is 17.9 Å². The molecule has 0 saturated carbocycles. The third kappa shape index (κ3) is 2.70. The summed E-state index contributed by atoms with van der Waals surface area (Å²) in [5, 5.41) is 38.4. The summed E-state index contributed by atoms with van der Waals surface area (Å²) in [6, 6.07) is 2.71. The van der Waals surface area contributed by atoms with E-state index in [1.54, 1.807) is 6.92 Å². The van der Waals surface area contributed by atoms with Crippen molar-refractivity contribution in [1.82, 2.24) is 0 Å². The van der Waals surface area contributed by atoms with E-state index in [-0.39, 0.29) is 16.9 Å². The summed E-state index contributed by atoms with van der Waals surface area (Å²) in [5.41, 5.74) is 5.59. The molecule has 1 aromatic carbocycles. The number of nitrogens with two attached hydrogens (primary N) is 1. The number of nitrogens with zero attached hydrogens (tertiary/aromatic N) is 1. The maximum atomic E-state index is 10.7. The summed E-state index contributed by atoms with van der Waals surface area (Å²) in [4.78, 5) is 10.1. The van der Waals surface area contributed by atoms with Crippen LogP contribution in [0.5, 0.6) is 0 Å². The molecule has 7 nitrogen and oxygen atoms in total. The number of aryl methyl sites for hydroxylation is 1. The van der Waals surface area contributed by atoms with Gasteiger partial charge in [-0.1, -0.05) is 6.07 Å². The molecule has 2 atom stereocenters. The highest BCUT2D eigenvalue weighted by atomic mass is 16.6. The number of aliphatic hydroxyl groups is 3. The smallest absolute Gasteiger partial charge is 0.292 e. The maximum absolute atomic E-state index is 10.7. The van der Waals surface area contributed by atoms with Crippen LogP contribution in [0.4, 0.5) is 11.4 Å². The predicted molar refractivity (Wildman–Crippen MR) is 60.3 cm³/mol. The normalized spacial score (nSPS) is 14.4. The molecule has 0 aliphatic carbocycles. The van der Waals surface area contributed by atoms with Gasteiger partial charge in [-0.3, -0.25) is 10.1 Å². The minimum absolute atomic E-state index is 0.0400. The van der Waals surface area contributed by atoms with Gasteiger partial charge in [-0.25, -0.2) is 0 Å². The van der Waals surface area contributed by atoms with Gasteiger partial charge in [-0.05, 0) is 12.5 Å². The summed E-state index contributed by atoms with van der Waals surface area (Å²) in [6.07, 6.45) is -2.89. The Kier molecular flexibility index (Phi) is 4.00. The van der Waals surface area contributed by atoms with Crippen LogP contribution in [0.2, 0.25) is 0 Å². The number of hydrogen-bond donors (Lipinski definition) is 4. The second-order valence-corrected chi connectivity index (χ2v) is 3.74. The highest BCUT2D eigenvalue weighted by molar-refractivity contribution is 5.65. The Labute approximate surface area is 97.3 Å². The van der Waals surface area contributed by atoms with Crippen LogP contribution in [0, 0.1) is 17.0 Å². The number of nitro groups is 1. The second-order valence-electron chi connectivity index (χ2n) is 3.74. The van der Waals surface area contributed by atoms with Crippen molar-refractivity contribution in [1.29, 1.82) is 0 Å². The molecule has 7 heteroatoms. The molecular weight excluding hydrogens is 228 g/mol. The quantitative estimate of drug-likeness (QED) is 0.330. The van der Waals surface area contributed by atoms with Crippen molar-refractivity contribution in [2.24, 2.45) is 0 Å². The zero-order chi connectivity index (χ0) is 13.2. The highest BCUT2D eigenvalue weighted by Crippen LogP contribution is 2.32. The van der Waals surface area contributed by atoms with Crippen molar-refractivity contribution in [2.45, 2.75) is 19.1 Å². The lowest BCUT2D eigenvalue weighted by Crippen LogP contribution is -2.23. The van der Waals surface area contributed by atoms with Crippen molar-refractivity contribution >= 4 is 11.4 Å². The summed E-state index contributed by atoms with van der Waals surface area (Å²) in [5.74, 6) is 0. The fourth-order valence-corrected chi connectivity index (χ4v) is 1.51. The molecule has 2 unspecified atom stereocenters. The van der Waals surface area contributed by atoms with Gasteiger partial charge in [0.15, 0.2) is 0 Å². The molecule has 5 N–H and O–H groups in total. The number of hydrogen-bond acceptors (Lipinski definition) is 6. The Balaban J connectivity index is 3.29. The number of rotatable bonds is 4. The lowest BCUT2D eigenvalue weighted by atomic mass is 9.99. The van der Waals surface area contributed by atoms with E-state index < -0.39 is 23.7 Å². The van der Waals surface area contributed by atoms with Crippen LogP contribution in [0.25, 0.3) is 0 Å². The molecule has 0 aromatic heterocycles. The molecule has 94 valence electrons. The summed E-state index contributed by atoms with van der Waals surface area (Å²) in [7, 11) is 0. The summed E-state index contributed by atoms with van der Waals surface area (Å²) >= 11 is 0. The van der Waals surface area contributed by atoms with Crippen molar-refractivity contribution in [3.8, 4) is 0 Å². The second kappa shape index (κ2) is 5.09. The van der Waals surface area contributed by atoms with E-state index in [0.29, 0.717) is 5.56 Å². The van der Waals surface area contributed by atoms with Crippen LogP contribution in [-0.2, 0) is 0 Å². The van der Waals surface area contributed by atoms with E-state index >= 15 is 0 Å². The first-order valence-corrected chi connectivity index (χ1v) is 4.90. The van der Waals surface area contributed by atoms with Crippen LogP contribution in [0.1, 0.15) is 17.2 Å². The average molecular weight is 242 g/mol. The molecule has 0 aliphatic heterocycles. The van der Waals surface area contributed by atoms with E-state index in [4.69, 9.17) is 10.8 Å². The van der Waals surface area contributed by atoms with Crippen molar-refractivity contribution in [3.05, 3.63) is 33.4 Å². The van der Waals surface area contributed by atoms with E-state index in [9.17, 15) is 20.3 Å². The molecule has 0 saturated heterocycles. The Bertz CT molecular complexity index is 435. The van der Waals surface area contributed by atoms with Gasteiger partial charge < -0.3 is 21.1 Å². The van der Waals surface area contributed by atoms with Crippen LogP contribution in [-0.4, -0.2) is 33.0 Å². The number of aliphatic hydroxyl groups excluding tert-OH is 3. The average Bonchev–Trinajstić information content (AvgIpc) is 2.29. The molecule has 0 spiro atoms. The number of nitro benzene ring substituents is 1. The predicted octanol–water partition coefficient (Wildman–Crippen LogP) is -0.128. The van der Waals surface area contributed by atoms with E-state index in [1.165, 1.54) is 12.1 Å². The molecule has 0 heterocycles. The minimum atomic E-state index is -1.46. The van der Waals surface area contributed by atoms with E-state index in [2.05, 4.69) is 0 Å². The molecular formula is C10H14N2O5. The van der Waals surface area contributed by atoms with Gasteiger partial charge in [0.05, 0.1) is 11.5 Å². The fourth-order valence-electron chi connectivity index (χ4n) is 1.51. The third-order valence-electron chi connectivity index (χ3n) is 2.40. The zero-order valence-corrected chi connectivity index (χ0v) is 9.20. The van der Waals surface area contributed by atoms with Crippen LogP contribution in [0.15, 0.2) is 12.1 Å². The zero-order valence-electron chi connectivity index (χ0n) is 9.20. The van der Waals surface area contributed by atoms with E-state index in [0.717, 1.165) is 0 Å². The van der Waals surface area contributed by atoms with Gasteiger partial charge >= 0.3 is 0 Å². The van der Waals surface area contributed by atoms with Gasteiger partial charge in [0, 0.05) is 11.6 Å². The summed E-state index contributed by atoms with van der Waals surface area (Å²) < 4.78 is 0. The number of anilines is 1. The van der Waals surface area contributed by atoms with Crippen molar-refractivity contribution in [3.63, 3.8) is 0 Å². The van der Waals surface area contributed by atoms with Crippen LogP contribution >= 0.6 is 0 Å². The lowest BCUT2D eigenvalue weighted by Gasteiger charge is -2.18. The van der Waals surface area contributed by atoms with E-state index in [1.807, 2.05) is 0 Å². The van der Waals surface area contributed by atoms with Crippen LogP contribution < -0.4 is 5.73 Å². The molecule has 0 bridgehead atoms. The first-order chi connectivity index (χ1) is 7.88. The molecule has 1 aromatic rings. The van der Waals surface area contributed by atoms with Crippen molar-refractivity contribution < 1.29 is 20.2 Å². The largest absolute Gasteiger partial charge is 0.394 e. The fraction of sp³-hybridized carbons (Fsp3) is 0.400. The molecule has 0 radical (unpaired) electrons. The van der Waals surface area contributed by atoms with Gasteiger partial charge in [0.2, 0.25) is 0 Å². The van der Waals surface area contributed by atoms with Gasteiger partial charge in [-0.2, -0.15) is 0 Å². The van der Waals surface area contributed by atoms with Gasteiger partial charge in [0.25, 0.3) is 5.69 Å². The standard InChI is InChI=1S/C10H14N2O5/c1-5-2-6(10(15)8(14)4-13)9(11)7(3-5)12(16)17/h2-3,8,10,13-15H,4,11H2,1H3.